The molecule has 0 heterocycles. The molecule has 1 amide bonds. The van der Waals surface area contributed by atoms with Crippen LogP contribution in [0.3, 0.4) is 0 Å². The Bertz CT molecular complexity index is 933. The Balaban J connectivity index is 0.00000261. The van der Waals surface area contributed by atoms with E-state index in [0.29, 0.717) is 24.0 Å². The Labute approximate surface area is 163 Å². The van der Waals surface area contributed by atoms with E-state index in [1.165, 1.54) is 30.3 Å². The van der Waals surface area contributed by atoms with E-state index in [1.807, 2.05) is 0 Å². The van der Waals surface area contributed by atoms with Crippen LogP contribution in [0.15, 0.2) is 53.4 Å². The van der Waals surface area contributed by atoms with Crippen LogP contribution in [-0.4, -0.2) is 19.9 Å². The average Bonchev–Trinajstić information content (AvgIpc) is 3.37. The zero-order chi connectivity index (χ0) is 18.8. The summed E-state index contributed by atoms with van der Waals surface area (Å²) >= 11 is 0. The minimum atomic E-state index is -3.76. The second-order valence-corrected chi connectivity index (χ2v) is 8.21. The number of sulfonamides is 1. The van der Waals surface area contributed by atoms with Gasteiger partial charge >= 0.3 is 0 Å². The molecule has 1 fully saturated rings. The van der Waals surface area contributed by atoms with Crippen molar-refractivity contribution >= 4 is 28.3 Å². The summed E-state index contributed by atoms with van der Waals surface area (Å²) in [6.07, 6.45) is 1.33. The molecule has 6 nitrogen and oxygen atoms in total. The van der Waals surface area contributed by atoms with Gasteiger partial charge in [0.2, 0.25) is 15.9 Å². The van der Waals surface area contributed by atoms with Gasteiger partial charge in [0.1, 0.15) is 5.82 Å². The first-order valence-electron chi connectivity index (χ1n) is 8.19. The van der Waals surface area contributed by atoms with Crippen molar-refractivity contribution < 1.29 is 17.6 Å². The lowest BCUT2D eigenvalue weighted by Crippen LogP contribution is -2.42. The molecule has 0 bridgehead atoms. The number of carbonyl (C=O) groups is 1. The normalized spacial score (nSPS) is 14.9. The summed E-state index contributed by atoms with van der Waals surface area (Å²) in [5.74, 6) is -0.650. The van der Waals surface area contributed by atoms with Gasteiger partial charge in [-0.1, -0.05) is 24.3 Å². The van der Waals surface area contributed by atoms with Gasteiger partial charge in [-0.3, -0.25) is 4.79 Å². The fourth-order valence-corrected chi connectivity index (χ4v) is 3.54. The van der Waals surface area contributed by atoms with Gasteiger partial charge in [-0.25, -0.2) is 17.5 Å². The van der Waals surface area contributed by atoms with Crippen LogP contribution in [0.5, 0.6) is 0 Å². The van der Waals surface area contributed by atoms with E-state index in [-0.39, 0.29) is 36.3 Å². The maximum Gasteiger partial charge on any atom is 0.240 e. The molecule has 9 heteroatoms. The summed E-state index contributed by atoms with van der Waals surface area (Å²) in [5.41, 5.74) is 6.22. The van der Waals surface area contributed by atoms with Gasteiger partial charge in [0.15, 0.2) is 0 Å². The Morgan fingerprint density at radius 2 is 1.70 bits per heavy atom. The largest absolute Gasteiger partial charge is 0.350 e. The van der Waals surface area contributed by atoms with Crippen LogP contribution in [0.1, 0.15) is 24.0 Å². The summed E-state index contributed by atoms with van der Waals surface area (Å²) < 4.78 is 40.5. The maximum atomic E-state index is 13.2. The first kappa shape index (κ1) is 21.3. The molecular formula is C18H21ClFN3O3S. The molecule has 1 aliphatic rings. The van der Waals surface area contributed by atoms with Crippen molar-refractivity contribution in [3.05, 3.63) is 65.5 Å². The zero-order valence-corrected chi connectivity index (χ0v) is 16.1. The van der Waals surface area contributed by atoms with E-state index < -0.39 is 21.4 Å². The Kier molecular flexibility index (Phi) is 6.59. The van der Waals surface area contributed by atoms with Crippen molar-refractivity contribution in [3.63, 3.8) is 0 Å². The third-order valence-electron chi connectivity index (χ3n) is 4.26. The molecule has 1 saturated carbocycles. The molecule has 3 rings (SSSR count). The van der Waals surface area contributed by atoms with Crippen LogP contribution in [0.4, 0.5) is 4.39 Å². The van der Waals surface area contributed by atoms with Gasteiger partial charge in [-0.05, 0) is 48.2 Å². The van der Waals surface area contributed by atoms with Gasteiger partial charge in [0, 0.05) is 13.1 Å². The molecule has 0 unspecified atom stereocenters. The van der Waals surface area contributed by atoms with E-state index in [9.17, 15) is 17.6 Å². The molecule has 0 radical (unpaired) electrons. The second kappa shape index (κ2) is 8.35. The van der Waals surface area contributed by atoms with Gasteiger partial charge in [0.05, 0.1) is 10.4 Å². The van der Waals surface area contributed by atoms with Crippen LogP contribution < -0.4 is 15.8 Å². The molecular weight excluding hydrogens is 393 g/mol. The number of carbonyl (C=O) groups excluding carboxylic acids is 1. The van der Waals surface area contributed by atoms with E-state index in [4.69, 9.17) is 5.73 Å². The lowest BCUT2D eigenvalue weighted by atomic mass is 10.2. The third kappa shape index (κ3) is 5.49. The highest BCUT2D eigenvalue weighted by Crippen LogP contribution is 2.32. The maximum absolute atomic E-state index is 13.2. The monoisotopic (exact) mass is 413 g/mol. The molecule has 0 atom stereocenters. The molecule has 0 aliphatic heterocycles. The van der Waals surface area contributed by atoms with Crippen molar-refractivity contribution in [1.29, 1.82) is 0 Å². The Morgan fingerprint density at radius 3 is 2.33 bits per heavy atom. The van der Waals surface area contributed by atoms with Gasteiger partial charge in [0.25, 0.3) is 0 Å². The molecule has 1 aliphatic carbocycles. The van der Waals surface area contributed by atoms with Crippen molar-refractivity contribution in [2.75, 3.05) is 0 Å². The highest BCUT2D eigenvalue weighted by Gasteiger charge is 2.45. The minimum absolute atomic E-state index is 0. The van der Waals surface area contributed by atoms with E-state index >= 15 is 0 Å². The SMILES string of the molecule is Cl.NC1(C(=O)NCc2cccc(S(=O)(=O)NCc3cccc(F)c3)c2)CC1. The Hall–Kier alpha value is -2.00. The second-order valence-electron chi connectivity index (χ2n) is 6.44. The quantitative estimate of drug-likeness (QED) is 0.644. The van der Waals surface area contributed by atoms with Gasteiger partial charge in [-0.15, -0.1) is 12.4 Å². The molecule has 0 aromatic heterocycles. The number of halogens is 2. The van der Waals surface area contributed by atoms with E-state index in [1.54, 1.807) is 18.2 Å². The lowest BCUT2D eigenvalue weighted by molar-refractivity contribution is -0.123. The molecule has 4 N–H and O–H groups in total. The van der Waals surface area contributed by atoms with E-state index in [0.717, 1.165) is 0 Å². The number of rotatable bonds is 7. The average molecular weight is 414 g/mol. The summed E-state index contributed by atoms with van der Waals surface area (Å²) in [4.78, 5) is 12.0. The van der Waals surface area contributed by atoms with Crippen LogP contribution in [-0.2, 0) is 27.9 Å². The van der Waals surface area contributed by atoms with Gasteiger partial charge in [-0.2, -0.15) is 0 Å². The summed E-state index contributed by atoms with van der Waals surface area (Å²) in [5, 5.41) is 2.72. The zero-order valence-electron chi connectivity index (χ0n) is 14.4. The number of hydrogen-bond acceptors (Lipinski definition) is 4. The van der Waals surface area contributed by atoms with Crippen molar-refractivity contribution in [1.82, 2.24) is 10.0 Å². The topological polar surface area (TPSA) is 101 Å². The van der Waals surface area contributed by atoms with Crippen molar-refractivity contribution in [3.8, 4) is 0 Å². The predicted octanol–water partition coefficient (Wildman–Crippen LogP) is 1.83. The first-order valence-corrected chi connectivity index (χ1v) is 9.67. The molecule has 0 saturated heterocycles. The number of hydrogen-bond donors (Lipinski definition) is 3. The molecule has 2 aromatic carbocycles. The van der Waals surface area contributed by atoms with Gasteiger partial charge < -0.3 is 11.1 Å². The molecule has 2 aromatic rings. The summed E-state index contributed by atoms with van der Waals surface area (Å²) in [6.45, 7) is 0.182. The predicted molar refractivity (Wildman–Crippen MR) is 102 cm³/mol. The molecule has 27 heavy (non-hydrogen) atoms. The lowest BCUT2D eigenvalue weighted by Gasteiger charge is -2.11. The first-order chi connectivity index (χ1) is 12.3. The smallest absolute Gasteiger partial charge is 0.240 e. The van der Waals surface area contributed by atoms with Crippen molar-refractivity contribution in [2.45, 2.75) is 36.4 Å². The Morgan fingerprint density at radius 1 is 1.07 bits per heavy atom. The van der Waals surface area contributed by atoms with Crippen LogP contribution in [0.25, 0.3) is 0 Å². The summed E-state index contributed by atoms with van der Waals surface area (Å²) in [6, 6.07) is 12.0. The van der Waals surface area contributed by atoms with Crippen molar-refractivity contribution in [2.24, 2.45) is 5.73 Å². The minimum Gasteiger partial charge on any atom is -0.350 e. The molecule has 146 valence electrons. The molecule has 0 spiro atoms. The number of benzene rings is 2. The highest BCUT2D eigenvalue weighted by atomic mass is 35.5. The number of amides is 1. The highest BCUT2D eigenvalue weighted by molar-refractivity contribution is 7.89. The fourth-order valence-electron chi connectivity index (χ4n) is 2.45. The number of nitrogens with one attached hydrogen (secondary N) is 2. The van der Waals surface area contributed by atoms with Crippen LogP contribution in [0.2, 0.25) is 0 Å². The van der Waals surface area contributed by atoms with E-state index in [2.05, 4.69) is 10.0 Å². The van der Waals surface area contributed by atoms with Crippen LogP contribution >= 0.6 is 12.4 Å². The fraction of sp³-hybridized carbons (Fsp3) is 0.278. The standard InChI is InChI=1S/C18H20FN3O3S.ClH/c19-15-5-1-3-13(9-15)12-22-26(24,25)16-6-2-4-14(10-16)11-21-17(23)18(20)7-8-18;/h1-6,9-10,22H,7-8,11-12,20H2,(H,21,23);1H. The number of nitrogens with two attached hydrogens (primary N) is 1. The van der Waals surface area contributed by atoms with Crippen LogP contribution in [0, 0.1) is 5.82 Å². The third-order valence-corrected chi connectivity index (χ3v) is 5.66. The summed E-state index contributed by atoms with van der Waals surface area (Å²) in [7, 11) is -3.76.